The van der Waals surface area contributed by atoms with E-state index in [0.29, 0.717) is 18.5 Å². The molecule has 1 fully saturated rings. The fourth-order valence-corrected chi connectivity index (χ4v) is 4.74. The van der Waals surface area contributed by atoms with Crippen molar-refractivity contribution in [3.8, 4) is 11.1 Å². The quantitative estimate of drug-likeness (QED) is 0.490. The van der Waals surface area contributed by atoms with Gasteiger partial charge < -0.3 is 18.4 Å². The van der Waals surface area contributed by atoms with Gasteiger partial charge in [-0.1, -0.05) is 36.4 Å². The molecule has 1 aliphatic heterocycles. The normalized spacial score (nSPS) is 18.2. The maximum absolute atomic E-state index is 12.9. The third-order valence-corrected chi connectivity index (χ3v) is 7.68. The molecule has 5 nitrogen and oxygen atoms in total. The van der Waals surface area contributed by atoms with E-state index in [-0.39, 0.29) is 18.3 Å². The van der Waals surface area contributed by atoms with Gasteiger partial charge in [0, 0.05) is 0 Å². The highest BCUT2D eigenvalue weighted by Crippen LogP contribution is 2.46. The average molecular weight is 416 g/mol. The van der Waals surface area contributed by atoms with E-state index in [2.05, 4.69) is 0 Å². The number of rotatable bonds is 7. The summed E-state index contributed by atoms with van der Waals surface area (Å²) in [4.78, 5) is 0. The molecular formula is C22H30BO5P. The predicted octanol–water partition coefficient (Wildman–Crippen LogP) is 4.54. The summed E-state index contributed by atoms with van der Waals surface area (Å²) < 4.78 is 35.9. The summed E-state index contributed by atoms with van der Waals surface area (Å²) in [7, 11) is -3.64. The smallest absolute Gasteiger partial charge is 0.399 e. The van der Waals surface area contributed by atoms with Gasteiger partial charge in [0.15, 0.2) is 0 Å². The first kappa shape index (κ1) is 22.3. The van der Waals surface area contributed by atoms with Gasteiger partial charge in [-0.15, -0.1) is 0 Å². The summed E-state index contributed by atoms with van der Waals surface area (Å²) >= 11 is 0. The molecule has 0 radical (unpaired) electrons. The highest BCUT2D eigenvalue weighted by Gasteiger charge is 2.51. The largest absolute Gasteiger partial charge is 0.494 e. The second-order valence-corrected chi connectivity index (χ2v) is 10.1. The van der Waals surface area contributed by atoms with Gasteiger partial charge in [0.05, 0.1) is 29.7 Å². The molecule has 7 heteroatoms. The van der Waals surface area contributed by atoms with Crippen LogP contribution in [0.3, 0.4) is 0 Å². The molecule has 0 aliphatic carbocycles. The van der Waals surface area contributed by atoms with Gasteiger partial charge in [-0.05, 0) is 70.3 Å². The minimum atomic E-state index is -3.26. The Morgan fingerprint density at radius 2 is 1.21 bits per heavy atom. The van der Waals surface area contributed by atoms with E-state index in [1.807, 2.05) is 90.1 Å². The first-order chi connectivity index (χ1) is 13.6. The van der Waals surface area contributed by atoms with Crippen LogP contribution in [-0.2, 0) is 22.9 Å². The minimum Gasteiger partial charge on any atom is -0.399 e. The van der Waals surface area contributed by atoms with E-state index in [1.165, 1.54) is 0 Å². The number of hydrogen-bond donors (Lipinski definition) is 0. The maximum atomic E-state index is 12.9. The third kappa shape index (κ3) is 4.52. The Morgan fingerprint density at radius 3 is 1.62 bits per heavy atom. The lowest BCUT2D eigenvalue weighted by Crippen LogP contribution is -2.41. The van der Waals surface area contributed by atoms with Crippen LogP contribution in [0, 0.1) is 0 Å². The van der Waals surface area contributed by atoms with Crippen molar-refractivity contribution in [2.75, 3.05) is 13.2 Å². The first-order valence-corrected chi connectivity index (χ1v) is 11.6. The molecule has 1 saturated heterocycles. The van der Waals surface area contributed by atoms with Crippen molar-refractivity contribution in [1.82, 2.24) is 0 Å². The zero-order valence-electron chi connectivity index (χ0n) is 18.1. The van der Waals surface area contributed by atoms with Crippen LogP contribution in [0.15, 0.2) is 48.5 Å². The average Bonchev–Trinajstić information content (AvgIpc) is 2.90. The Kier molecular flexibility index (Phi) is 6.42. The van der Waals surface area contributed by atoms with Crippen LogP contribution >= 0.6 is 7.60 Å². The van der Waals surface area contributed by atoms with Crippen molar-refractivity contribution in [3.63, 3.8) is 0 Å². The van der Waals surface area contributed by atoms with Crippen LogP contribution < -0.4 is 10.8 Å². The number of benzene rings is 2. The monoisotopic (exact) mass is 416 g/mol. The Labute approximate surface area is 174 Å². The van der Waals surface area contributed by atoms with Crippen molar-refractivity contribution >= 4 is 25.5 Å². The highest BCUT2D eigenvalue weighted by atomic mass is 31.2. The molecular weight excluding hydrogens is 386 g/mol. The molecule has 0 atom stereocenters. The lowest BCUT2D eigenvalue weighted by Gasteiger charge is -2.32. The van der Waals surface area contributed by atoms with E-state index in [0.717, 1.165) is 16.6 Å². The summed E-state index contributed by atoms with van der Waals surface area (Å²) in [6, 6.07) is 15.6. The molecule has 1 aliphatic rings. The summed E-state index contributed by atoms with van der Waals surface area (Å²) in [5, 5.41) is 0.568. The van der Waals surface area contributed by atoms with Crippen LogP contribution in [-0.4, -0.2) is 31.5 Å². The molecule has 29 heavy (non-hydrogen) atoms. The zero-order chi connectivity index (χ0) is 21.3. The van der Waals surface area contributed by atoms with E-state index < -0.39 is 7.60 Å². The standard InChI is InChI=1S/C22H30BO5P/c1-7-25-29(24,26-8-2)20-15-11-18(12-16-20)17-9-13-19(14-10-17)23-27-21(3,4)22(5,6)28-23/h9-16H,7-8H2,1-6H3. The molecule has 156 valence electrons. The van der Waals surface area contributed by atoms with E-state index >= 15 is 0 Å². The second-order valence-electron chi connectivity index (χ2n) is 8.09. The minimum absolute atomic E-state index is 0.333. The van der Waals surface area contributed by atoms with Gasteiger partial charge in [0.2, 0.25) is 0 Å². The fourth-order valence-electron chi connectivity index (χ4n) is 3.17. The maximum Gasteiger partial charge on any atom is 0.494 e. The lowest BCUT2D eigenvalue weighted by molar-refractivity contribution is 0.00578. The molecule has 1 heterocycles. The Bertz CT molecular complexity index is 851. The molecule has 2 aromatic carbocycles. The Balaban J connectivity index is 1.78. The summed E-state index contributed by atoms with van der Waals surface area (Å²) in [5.74, 6) is 0. The zero-order valence-corrected chi connectivity index (χ0v) is 19.0. The van der Waals surface area contributed by atoms with Crippen LogP contribution in [0.5, 0.6) is 0 Å². The van der Waals surface area contributed by atoms with Gasteiger partial charge >= 0.3 is 14.7 Å². The predicted molar refractivity (Wildman–Crippen MR) is 118 cm³/mol. The highest BCUT2D eigenvalue weighted by molar-refractivity contribution is 7.62. The van der Waals surface area contributed by atoms with Crippen molar-refractivity contribution in [3.05, 3.63) is 48.5 Å². The molecule has 0 saturated carbocycles. The molecule has 0 N–H and O–H groups in total. The van der Waals surface area contributed by atoms with Gasteiger partial charge in [-0.3, -0.25) is 4.57 Å². The molecule has 0 aromatic heterocycles. The molecule has 0 spiro atoms. The van der Waals surface area contributed by atoms with Crippen molar-refractivity contribution in [2.24, 2.45) is 0 Å². The van der Waals surface area contributed by atoms with Crippen LogP contribution in [0.4, 0.5) is 0 Å². The fraction of sp³-hybridized carbons (Fsp3) is 0.455. The van der Waals surface area contributed by atoms with Gasteiger partial charge in [-0.2, -0.15) is 0 Å². The molecule has 0 unspecified atom stereocenters. The SMILES string of the molecule is CCOP(=O)(OCC)c1ccc(-c2ccc(B3OC(C)(C)C(C)(C)O3)cc2)cc1. The van der Waals surface area contributed by atoms with Crippen LogP contribution in [0.1, 0.15) is 41.5 Å². The summed E-state index contributed by atoms with van der Waals surface area (Å²) in [6.07, 6.45) is 0. The van der Waals surface area contributed by atoms with Gasteiger partial charge in [0.1, 0.15) is 0 Å². The number of hydrogen-bond acceptors (Lipinski definition) is 5. The van der Waals surface area contributed by atoms with Crippen molar-refractivity contribution < 1.29 is 22.9 Å². The van der Waals surface area contributed by atoms with E-state index in [1.54, 1.807) is 0 Å². The topological polar surface area (TPSA) is 54.0 Å². The molecule has 0 bridgehead atoms. The summed E-state index contributed by atoms with van der Waals surface area (Å²) in [6.45, 7) is 12.5. The van der Waals surface area contributed by atoms with Crippen LogP contribution in [0.25, 0.3) is 11.1 Å². The lowest BCUT2D eigenvalue weighted by atomic mass is 9.78. The Morgan fingerprint density at radius 1 is 0.793 bits per heavy atom. The first-order valence-electron chi connectivity index (χ1n) is 10.1. The van der Waals surface area contributed by atoms with Crippen molar-refractivity contribution in [2.45, 2.75) is 52.7 Å². The van der Waals surface area contributed by atoms with Gasteiger partial charge in [-0.25, -0.2) is 0 Å². The summed E-state index contributed by atoms with van der Waals surface area (Å²) in [5.41, 5.74) is 2.34. The van der Waals surface area contributed by atoms with E-state index in [4.69, 9.17) is 18.4 Å². The molecule has 0 amide bonds. The van der Waals surface area contributed by atoms with E-state index in [9.17, 15) is 4.57 Å². The molecule has 2 aromatic rings. The van der Waals surface area contributed by atoms with Crippen LogP contribution in [0.2, 0.25) is 0 Å². The second kappa shape index (κ2) is 8.37. The Hall–Kier alpha value is -1.43. The molecule has 3 rings (SSSR count). The van der Waals surface area contributed by atoms with Crippen molar-refractivity contribution in [1.29, 1.82) is 0 Å². The third-order valence-electron chi connectivity index (χ3n) is 5.55. The van der Waals surface area contributed by atoms with Gasteiger partial charge in [0.25, 0.3) is 0 Å².